The van der Waals surface area contributed by atoms with Crippen LogP contribution in [-0.2, 0) is 0 Å². The van der Waals surface area contributed by atoms with E-state index in [-0.39, 0.29) is 0 Å². The summed E-state index contributed by atoms with van der Waals surface area (Å²) in [5.74, 6) is 0.417. The van der Waals surface area contributed by atoms with Crippen molar-refractivity contribution in [2.24, 2.45) is 0 Å². The summed E-state index contributed by atoms with van der Waals surface area (Å²) in [7, 11) is 0. The molecule has 0 saturated heterocycles. The molecule has 0 aliphatic carbocycles. The van der Waals surface area contributed by atoms with Crippen LogP contribution in [0, 0.1) is 6.92 Å². The molecule has 2 rings (SSSR count). The van der Waals surface area contributed by atoms with Gasteiger partial charge in [-0.1, -0.05) is 25.4 Å². The van der Waals surface area contributed by atoms with Gasteiger partial charge in [-0.25, -0.2) is 4.68 Å². The van der Waals surface area contributed by atoms with Crippen LogP contribution < -0.4 is 0 Å². The molecule has 4 heteroatoms. The summed E-state index contributed by atoms with van der Waals surface area (Å²) in [5, 5.41) is 5.09. The van der Waals surface area contributed by atoms with Gasteiger partial charge in [0.25, 0.3) is 0 Å². The Morgan fingerprint density at radius 1 is 1.25 bits per heavy atom. The van der Waals surface area contributed by atoms with E-state index in [4.69, 9.17) is 11.6 Å². The third-order valence-corrected chi connectivity index (χ3v) is 2.59. The van der Waals surface area contributed by atoms with Crippen LogP contribution in [0.25, 0.3) is 5.69 Å². The second-order valence-electron chi connectivity index (χ2n) is 4.14. The number of aromatic nitrogens is 3. The molecule has 2 heterocycles. The second kappa shape index (κ2) is 4.26. The molecule has 2 aromatic rings. The zero-order valence-corrected chi connectivity index (χ0v) is 10.4. The molecule has 0 fully saturated rings. The summed E-state index contributed by atoms with van der Waals surface area (Å²) in [6.07, 6.45) is 3.39. The topological polar surface area (TPSA) is 30.7 Å². The van der Waals surface area contributed by atoms with Crippen LogP contribution in [0.1, 0.15) is 31.2 Å². The van der Waals surface area contributed by atoms with Crippen molar-refractivity contribution in [3.05, 3.63) is 40.9 Å². The van der Waals surface area contributed by atoms with Gasteiger partial charge >= 0.3 is 0 Å². The number of hydrogen-bond donors (Lipinski definition) is 0. The van der Waals surface area contributed by atoms with Crippen LogP contribution in [0.3, 0.4) is 0 Å². The molecule has 0 aliphatic heterocycles. The van der Waals surface area contributed by atoms with Crippen molar-refractivity contribution in [1.29, 1.82) is 0 Å². The summed E-state index contributed by atoms with van der Waals surface area (Å²) in [5.41, 5.74) is 3.08. The van der Waals surface area contributed by atoms with Crippen molar-refractivity contribution in [2.75, 3.05) is 0 Å². The van der Waals surface area contributed by atoms with Crippen LogP contribution in [0.4, 0.5) is 0 Å². The number of rotatable bonds is 2. The van der Waals surface area contributed by atoms with E-state index < -0.39 is 0 Å². The molecule has 0 amide bonds. The fourth-order valence-electron chi connectivity index (χ4n) is 1.65. The van der Waals surface area contributed by atoms with E-state index in [2.05, 4.69) is 30.0 Å². The Balaban J connectivity index is 2.55. The van der Waals surface area contributed by atoms with E-state index in [1.165, 1.54) is 5.69 Å². The molecule has 0 saturated carbocycles. The average molecular weight is 236 g/mol. The summed E-state index contributed by atoms with van der Waals surface area (Å²) < 4.78 is 1.90. The smallest absolute Gasteiger partial charge is 0.0847 e. The Kier molecular flexibility index (Phi) is 2.97. The summed E-state index contributed by atoms with van der Waals surface area (Å²) in [4.78, 5) is 4.08. The Bertz CT molecular complexity index is 503. The van der Waals surface area contributed by atoms with Gasteiger partial charge in [-0.05, 0) is 25.0 Å². The SMILES string of the molecule is Cc1cc(C(C)C)n(-c2cncc(Cl)c2)n1. The number of aryl methyl sites for hydroxylation is 1. The van der Waals surface area contributed by atoms with Crippen LogP contribution in [0.5, 0.6) is 0 Å². The van der Waals surface area contributed by atoms with Gasteiger partial charge in [-0.3, -0.25) is 4.98 Å². The average Bonchev–Trinajstić information content (AvgIpc) is 2.60. The fourth-order valence-corrected chi connectivity index (χ4v) is 1.82. The Morgan fingerprint density at radius 3 is 2.62 bits per heavy atom. The minimum absolute atomic E-state index is 0.417. The summed E-state index contributed by atoms with van der Waals surface area (Å²) in [6, 6.07) is 3.96. The van der Waals surface area contributed by atoms with Gasteiger partial charge < -0.3 is 0 Å². The molecule has 2 aromatic heterocycles. The molecule has 0 aliphatic rings. The fraction of sp³-hybridized carbons (Fsp3) is 0.333. The second-order valence-corrected chi connectivity index (χ2v) is 4.57. The lowest BCUT2D eigenvalue weighted by molar-refractivity contribution is 0.729. The highest BCUT2D eigenvalue weighted by atomic mass is 35.5. The maximum atomic E-state index is 5.93. The molecule has 0 atom stereocenters. The molecule has 84 valence electrons. The molecule has 0 radical (unpaired) electrons. The first-order chi connectivity index (χ1) is 7.58. The molecule has 0 N–H and O–H groups in total. The summed E-state index contributed by atoms with van der Waals surface area (Å²) >= 11 is 5.93. The Morgan fingerprint density at radius 2 is 2.00 bits per heavy atom. The lowest BCUT2D eigenvalue weighted by atomic mass is 10.1. The van der Waals surface area contributed by atoms with Gasteiger partial charge in [0, 0.05) is 11.9 Å². The summed E-state index contributed by atoms with van der Waals surface area (Å²) in [6.45, 7) is 6.27. The normalized spacial score (nSPS) is 11.1. The quantitative estimate of drug-likeness (QED) is 0.799. The van der Waals surface area contributed by atoms with Gasteiger partial charge in [-0.15, -0.1) is 0 Å². The highest BCUT2D eigenvalue weighted by Crippen LogP contribution is 2.21. The van der Waals surface area contributed by atoms with Gasteiger partial charge in [0.15, 0.2) is 0 Å². The molecule has 0 spiro atoms. The van der Waals surface area contributed by atoms with Gasteiger partial charge in [0.05, 0.1) is 22.6 Å². The highest BCUT2D eigenvalue weighted by molar-refractivity contribution is 6.30. The third kappa shape index (κ3) is 2.09. The Hall–Kier alpha value is -1.35. The van der Waals surface area contributed by atoms with Gasteiger partial charge in [0.1, 0.15) is 0 Å². The van der Waals surface area contributed by atoms with Crippen LogP contribution in [0.2, 0.25) is 5.02 Å². The molecule has 0 aromatic carbocycles. The van der Waals surface area contributed by atoms with Crippen molar-refractivity contribution in [3.8, 4) is 5.69 Å². The number of halogens is 1. The Labute approximate surface area is 100 Å². The first kappa shape index (κ1) is 11.1. The largest absolute Gasteiger partial charge is 0.261 e. The molecular formula is C12H14ClN3. The van der Waals surface area contributed by atoms with Crippen molar-refractivity contribution in [3.63, 3.8) is 0 Å². The van der Waals surface area contributed by atoms with E-state index >= 15 is 0 Å². The standard InChI is InChI=1S/C12H14ClN3/c1-8(2)12-4-9(3)15-16(12)11-5-10(13)6-14-7-11/h4-8H,1-3H3. The van der Waals surface area contributed by atoms with E-state index in [1.54, 1.807) is 12.4 Å². The predicted octanol–water partition coefficient (Wildman–Crippen LogP) is 3.35. The van der Waals surface area contributed by atoms with E-state index in [9.17, 15) is 0 Å². The molecule has 0 bridgehead atoms. The first-order valence-electron chi connectivity index (χ1n) is 5.25. The monoisotopic (exact) mass is 235 g/mol. The minimum atomic E-state index is 0.417. The van der Waals surface area contributed by atoms with Crippen LogP contribution in [-0.4, -0.2) is 14.8 Å². The maximum Gasteiger partial charge on any atom is 0.0847 e. The number of nitrogens with zero attached hydrogens (tertiary/aromatic N) is 3. The zero-order chi connectivity index (χ0) is 11.7. The van der Waals surface area contributed by atoms with E-state index in [0.29, 0.717) is 10.9 Å². The van der Waals surface area contributed by atoms with Crippen molar-refractivity contribution < 1.29 is 0 Å². The van der Waals surface area contributed by atoms with E-state index in [0.717, 1.165) is 11.4 Å². The van der Waals surface area contributed by atoms with Gasteiger partial charge in [-0.2, -0.15) is 5.10 Å². The third-order valence-electron chi connectivity index (χ3n) is 2.39. The number of pyridine rings is 1. The molecule has 16 heavy (non-hydrogen) atoms. The minimum Gasteiger partial charge on any atom is -0.261 e. The van der Waals surface area contributed by atoms with Crippen molar-refractivity contribution in [1.82, 2.24) is 14.8 Å². The first-order valence-corrected chi connectivity index (χ1v) is 5.63. The van der Waals surface area contributed by atoms with Crippen LogP contribution in [0.15, 0.2) is 24.5 Å². The molecule has 3 nitrogen and oxygen atoms in total. The van der Waals surface area contributed by atoms with Crippen LogP contribution >= 0.6 is 11.6 Å². The lowest BCUT2D eigenvalue weighted by Gasteiger charge is -2.09. The van der Waals surface area contributed by atoms with Crippen molar-refractivity contribution in [2.45, 2.75) is 26.7 Å². The molecular weight excluding hydrogens is 222 g/mol. The zero-order valence-electron chi connectivity index (χ0n) is 9.61. The number of hydrogen-bond acceptors (Lipinski definition) is 2. The highest BCUT2D eigenvalue weighted by Gasteiger charge is 2.11. The lowest BCUT2D eigenvalue weighted by Crippen LogP contribution is -2.04. The predicted molar refractivity (Wildman–Crippen MR) is 65.2 cm³/mol. The van der Waals surface area contributed by atoms with Crippen molar-refractivity contribution >= 4 is 11.6 Å². The molecule has 0 unspecified atom stereocenters. The van der Waals surface area contributed by atoms with Gasteiger partial charge in [0.2, 0.25) is 0 Å². The van der Waals surface area contributed by atoms with E-state index in [1.807, 2.05) is 17.7 Å². The maximum absolute atomic E-state index is 5.93.